The van der Waals surface area contributed by atoms with Crippen molar-refractivity contribution in [3.8, 4) is 22.8 Å². The maximum absolute atomic E-state index is 10.7. The molecule has 0 bridgehead atoms. The third-order valence-electron chi connectivity index (χ3n) is 3.31. The van der Waals surface area contributed by atoms with Gasteiger partial charge in [-0.25, -0.2) is 9.48 Å². The van der Waals surface area contributed by atoms with Gasteiger partial charge in [0.1, 0.15) is 0 Å². The predicted octanol–water partition coefficient (Wildman–Crippen LogP) is 4.96. The van der Waals surface area contributed by atoms with Crippen LogP contribution in [0.25, 0.3) is 16.9 Å². The summed E-state index contributed by atoms with van der Waals surface area (Å²) < 4.78 is 6.76. The smallest absolute Gasteiger partial charge is 0.341 e. The highest BCUT2D eigenvalue weighted by Crippen LogP contribution is 2.32. The van der Waals surface area contributed by atoms with E-state index in [1.165, 1.54) is 0 Å². The van der Waals surface area contributed by atoms with Gasteiger partial charge in [0.15, 0.2) is 6.61 Å². The Morgan fingerprint density at radius 3 is 2.36 bits per heavy atom. The molecule has 5 nitrogen and oxygen atoms in total. The Hall–Kier alpha value is -2.21. The average molecular weight is 398 g/mol. The second-order valence-electron chi connectivity index (χ2n) is 5.06. The number of hydrogen-bond donors (Lipinski definition) is 1. The van der Waals surface area contributed by atoms with Gasteiger partial charge in [-0.3, -0.25) is 0 Å². The first kappa shape index (κ1) is 17.6. The molecule has 1 N–H and O–H groups in total. The van der Waals surface area contributed by atoms with Crippen molar-refractivity contribution in [1.82, 2.24) is 9.78 Å². The van der Waals surface area contributed by atoms with Gasteiger partial charge in [-0.15, -0.1) is 5.10 Å². The lowest BCUT2D eigenvalue weighted by atomic mass is 10.1. The van der Waals surface area contributed by atoms with Crippen molar-refractivity contribution >= 4 is 40.8 Å². The van der Waals surface area contributed by atoms with Gasteiger partial charge in [0, 0.05) is 21.7 Å². The van der Waals surface area contributed by atoms with Gasteiger partial charge in [-0.2, -0.15) is 0 Å². The molecule has 0 fully saturated rings. The average Bonchev–Trinajstić information content (AvgIpc) is 2.97. The van der Waals surface area contributed by atoms with Gasteiger partial charge in [0.25, 0.3) is 0 Å². The summed E-state index contributed by atoms with van der Waals surface area (Å²) in [6, 6.07) is 13.8. The molecule has 0 amide bonds. The van der Waals surface area contributed by atoms with E-state index in [4.69, 9.17) is 44.6 Å². The molecule has 0 aliphatic heterocycles. The zero-order chi connectivity index (χ0) is 18.0. The van der Waals surface area contributed by atoms with Crippen molar-refractivity contribution < 1.29 is 14.6 Å². The Kier molecular flexibility index (Phi) is 5.18. The van der Waals surface area contributed by atoms with Crippen LogP contribution in [0, 0.1) is 0 Å². The Labute approximate surface area is 158 Å². The second-order valence-corrected chi connectivity index (χ2v) is 6.34. The van der Waals surface area contributed by atoms with Crippen molar-refractivity contribution in [1.29, 1.82) is 0 Å². The summed E-state index contributed by atoms with van der Waals surface area (Å²) in [5.41, 5.74) is 2.07. The van der Waals surface area contributed by atoms with Crippen molar-refractivity contribution in [2.45, 2.75) is 0 Å². The minimum Gasteiger partial charge on any atom is -0.479 e. The van der Waals surface area contributed by atoms with Crippen LogP contribution in [0.5, 0.6) is 5.88 Å². The zero-order valence-corrected chi connectivity index (χ0v) is 14.9. The van der Waals surface area contributed by atoms with Crippen molar-refractivity contribution in [3.63, 3.8) is 0 Å². The number of benzene rings is 2. The Morgan fingerprint density at radius 1 is 1.04 bits per heavy atom. The van der Waals surface area contributed by atoms with Gasteiger partial charge < -0.3 is 9.84 Å². The van der Waals surface area contributed by atoms with Gasteiger partial charge in [0.05, 0.1) is 16.4 Å². The fourth-order valence-corrected chi connectivity index (χ4v) is 2.84. The van der Waals surface area contributed by atoms with Crippen LogP contribution in [0.4, 0.5) is 0 Å². The van der Waals surface area contributed by atoms with Crippen LogP contribution >= 0.6 is 34.8 Å². The normalized spacial score (nSPS) is 10.7. The number of hydrogen-bond acceptors (Lipinski definition) is 3. The third kappa shape index (κ3) is 4.07. The Bertz CT molecular complexity index is 923. The fraction of sp³-hybridized carbons (Fsp3) is 0.0588. The van der Waals surface area contributed by atoms with Crippen molar-refractivity contribution in [2.24, 2.45) is 0 Å². The molecular weight excluding hydrogens is 387 g/mol. The number of aromatic nitrogens is 2. The molecule has 1 heterocycles. The van der Waals surface area contributed by atoms with E-state index in [0.29, 0.717) is 26.4 Å². The quantitative estimate of drug-likeness (QED) is 0.660. The molecule has 128 valence electrons. The summed E-state index contributed by atoms with van der Waals surface area (Å²) in [6.07, 6.45) is 0. The topological polar surface area (TPSA) is 64.3 Å². The minimum absolute atomic E-state index is 0.165. The predicted molar refractivity (Wildman–Crippen MR) is 97.2 cm³/mol. The highest BCUT2D eigenvalue weighted by Gasteiger charge is 2.16. The molecule has 0 saturated heterocycles. The zero-order valence-electron chi connectivity index (χ0n) is 12.6. The van der Waals surface area contributed by atoms with E-state index in [-0.39, 0.29) is 5.88 Å². The third-order valence-corrected chi connectivity index (χ3v) is 4.10. The number of nitrogens with zero attached hydrogens (tertiary/aromatic N) is 2. The van der Waals surface area contributed by atoms with E-state index in [0.717, 1.165) is 5.56 Å². The number of ether oxygens (including phenoxy) is 1. The number of rotatable bonds is 5. The Morgan fingerprint density at radius 2 is 1.72 bits per heavy atom. The van der Waals surface area contributed by atoms with E-state index in [9.17, 15) is 4.79 Å². The van der Waals surface area contributed by atoms with Crippen LogP contribution in [0.2, 0.25) is 15.1 Å². The number of halogens is 3. The maximum atomic E-state index is 10.7. The van der Waals surface area contributed by atoms with Gasteiger partial charge in [-0.1, -0.05) is 46.9 Å². The number of carboxylic acid groups (broad SMARTS) is 1. The maximum Gasteiger partial charge on any atom is 0.341 e. The number of aliphatic carboxylic acids is 1. The van der Waals surface area contributed by atoms with Crippen LogP contribution in [0.1, 0.15) is 0 Å². The highest BCUT2D eigenvalue weighted by atomic mass is 35.5. The van der Waals surface area contributed by atoms with Crippen LogP contribution < -0.4 is 4.74 Å². The largest absolute Gasteiger partial charge is 0.479 e. The summed E-state index contributed by atoms with van der Waals surface area (Å²) in [4.78, 5) is 10.7. The minimum atomic E-state index is -1.09. The van der Waals surface area contributed by atoms with Crippen molar-refractivity contribution in [3.05, 3.63) is 63.6 Å². The lowest BCUT2D eigenvalue weighted by Crippen LogP contribution is -2.10. The second kappa shape index (κ2) is 7.35. The summed E-state index contributed by atoms with van der Waals surface area (Å²) >= 11 is 18.2. The lowest BCUT2D eigenvalue weighted by molar-refractivity contribution is -0.139. The molecular formula is C17H11Cl3N2O3. The Balaban J connectivity index is 2.10. The molecule has 3 aromatic rings. The van der Waals surface area contributed by atoms with Gasteiger partial charge >= 0.3 is 5.97 Å². The molecule has 3 rings (SSSR count). The van der Waals surface area contributed by atoms with E-state index < -0.39 is 12.6 Å². The number of carboxylic acids is 1. The van der Waals surface area contributed by atoms with Gasteiger partial charge in [-0.05, 0) is 30.3 Å². The van der Waals surface area contributed by atoms with E-state index in [2.05, 4.69) is 5.10 Å². The molecule has 0 aliphatic rings. The van der Waals surface area contributed by atoms with Gasteiger partial charge in [0.2, 0.25) is 5.88 Å². The molecule has 0 atom stereocenters. The summed E-state index contributed by atoms with van der Waals surface area (Å²) in [6.45, 7) is -0.495. The molecule has 0 radical (unpaired) electrons. The van der Waals surface area contributed by atoms with E-state index in [1.54, 1.807) is 41.1 Å². The molecule has 0 aliphatic carbocycles. The van der Waals surface area contributed by atoms with Crippen LogP contribution in [0.3, 0.4) is 0 Å². The summed E-state index contributed by atoms with van der Waals surface area (Å²) in [5.74, 6) is -0.925. The van der Waals surface area contributed by atoms with E-state index >= 15 is 0 Å². The summed E-state index contributed by atoms with van der Waals surface area (Å²) in [5, 5.41) is 14.6. The van der Waals surface area contributed by atoms with Crippen LogP contribution in [-0.2, 0) is 4.79 Å². The molecule has 0 spiro atoms. The SMILES string of the molecule is O=C(O)COc1cc(-c2ccc(Cl)cc2)n(-c2ccc(Cl)cc2Cl)n1. The monoisotopic (exact) mass is 396 g/mol. The lowest BCUT2D eigenvalue weighted by Gasteiger charge is -2.09. The molecule has 8 heteroatoms. The van der Waals surface area contributed by atoms with Crippen molar-refractivity contribution in [2.75, 3.05) is 6.61 Å². The number of carbonyl (C=O) groups is 1. The first-order valence-corrected chi connectivity index (χ1v) is 8.23. The molecule has 0 saturated carbocycles. The standard InChI is InChI=1S/C17H11Cl3N2O3/c18-11-3-1-10(2-4-11)15-8-16(25-9-17(23)24)21-22(15)14-6-5-12(19)7-13(14)20/h1-8H,9H2,(H,23,24). The first-order valence-electron chi connectivity index (χ1n) is 7.10. The molecule has 25 heavy (non-hydrogen) atoms. The fourth-order valence-electron chi connectivity index (χ4n) is 2.23. The first-order chi connectivity index (χ1) is 11.9. The van der Waals surface area contributed by atoms with Crippen LogP contribution in [-0.4, -0.2) is 27.5 Å². The van der Waals surface area contributed by atoms with E-state index in [1.807, 2.05) is 12.1 Å². The molecule has 0 unspecified atom stereocenters. The highest BCUT2D eigenvalue weighted by molar-refractivity contribution is 6.35. The summed E-state index contributed by atoms with van der Waals surface area (Å²) in [7, 11) is 0. The molecule has 1 aromatic heterocycles. The molecule has 2 aromatic carbocycles. The van der Waals surface area contributed by atoms with Crippen LogP contribution in [0.15, 0.2) is 48.5 Å².